The van der Waals surface area contributed by atoms with E-state index in [1.807, 2.05) is 27.8 Å². The van der Waals surface area contributed by atoms with Gasteiger partial charge in [0.25, 0.3) is 0 Å². The van der Waals surface area contributed by atoms with Gasteiger partial charge in [0.1, 0.15) is 5.60 Å². The van der Waals surface area contributed by atoms with E-state index >= 15 is 0 Å². The van der Waals surface area contributed by atoms with Crippen LogP contribution in [0.15, 0.2) is 4.99 Å². The van der Waals surface area contributed by atoms with Gasteiger partial charge in [-0.05, 0) is 65.0 Å². The molecule has 2 aliphatic rings. The van der Waals surface area contributed by atoms with Gasteiger partial charge >= 0.3 is 6.09 Å². The molecule has 2 fully saturated rings. The second-order valence-electron chi connectivity index (χ2n) is 9.53. The largest absolute Gasteiger partial charge is 0.444 e. The Balaban J connectivity index is 0.00000420. The summed E-state index contributed by atoms with van der Waals surface area (Å²) in [5, 5.41) is 6.46. The number of likely N-dealkylation sites (tertiary alicyclic amines) is 2. The fourth-order valence-corrected chi connectivity index (χ4v) is 3.95. The highest BCUT2D eigenvalue weighted by molar-refractivity contribution is 14.0. The fraction of sp³-hybridized carbons (Fsp3) is 0.905. The standard InChI is InChI=1S/C21H41N5O2.HI/c1-16(2)18(24-20(27)28-21(3,4)5)13-23-19(22-6)26-12-9-17(15-26)14-25-10-7-8-11-25;/h16-18H,7-15H2,1-6H3,(H,22,23)(H,24,27);1H. The zero-order valence-corrected chi connectivity index (χ0v) is 21.5. The van der Waals surface area contributed by atoms with Gasteiger partial charge in [0.15, 0.2) is 5.96 Å². The van der Waals surface area contributed by atoms with E-state index in [1.165, 1.54) is 38.9 Å². The van der Waals surface area contributed by atoms with Crippen molar-refractivity contribution in [3.8, 4) is 0 Å². The summed E-state index contributed by atoms with van der Waals surface area (Å²) >= 11 is 0. The van der Waals surface area contributed by atoms with Gasteiger partial charge in [0, 0.05) is 33.2 Å². The number of alkyl carbamates (subject to hydrolysis) is 1. The van der Waals surface area contributed by atoms with Crippen molar-refractivity contribution in [2.75, 3.05) is 46.3 Å². The molecular formula is C21H42IN5O2. The lowest BCUT2D eigenvalue weighted by Crippen LogP contribution is -2.50. The minimum atomic E-state index is -0.491. The first kappa shape index (κ1) is 26.3. The van der Waals surface area contributed by atoms with E-state index in [2.05, 4.69) is 39.3 Å². The zero-order chi connectivity index (χ0) is 20.7. The summed E-state index contributed by atoms with van der Waals surface area (Å²) in [6.45, 7) is 16.3. The first-order valence-electron chi connectivity index (χ1n) is 10.9. The number of nitrogens with zero attached hydrogens (tertiary/aromatic N) is 3. The Morgan fingerprint density at radius 1 is 1.21 bits per heavy atom. The molecular weight excluding hydrogens is 481 g/mol. The summed E-state index contributed by atoms with van der Waals surface area (Å²) in [4.78, 5) is 21.6. The van der Waals surface area contributed by atoms with Crippen molar-refractivity contribution in [2.24, 2.45) is 16.8 Å². The number of nitrogens with one attached hydrogen (secondary N) is 2. The van der Waals surface area contributed by atoms with Gasteiger partial charge in [0.05, 0.1) is 6.04 Å². The van der Waals surface area contributed by atoms with Gasteiger partial charge in [-0.3, -0.25) is 4.99 Å². The predicted octanol–water partition coefficient (Wildman–Crippen LogP) is 3.15. The summed E-state index contributed by atoms with van der Waals surface area (Å²) in [5.74, 6) is 1.94. The van der Waals surface area contributed by atoms with Crippen molar-refractivity contribution < 1.29 is 9.53 Å². The molecule has 2 aliphatic heterocycles. The van der Waals surface area contributed by atoms with Crippen molar-refractivity contribution in [3.05, 3.63) is 0 Å². The number of rotatable bonds is 6. The highest BCUT2D eigenvalue weighted by atomic mass is 127. The highest BCUT2D eigenvalue weighted by Crippen LogP contribution is 2.20. The molecule has 2 heterocycles. The average Bonchev–Trinajstić information content (AvgIpc) is 3.25. The van der Waals surface area contributed by atoms with Crippen molar-refractivity contribution in [1.29, 1.82) is 0 Å². The van der Waals surface area contributed by atoms with Crippen LogP contribution in [0.2, 0.25) is 0 Å². The Morgan fingerprint density at radius 2 is 1.86 bits per heavy atom. The van der Waals surface area contributed by atoms with E-state index in [9.17, 15) is 4.79 Å². The quantitative estimate of drug-likeness (QED) is 0.318. The molecule has 0 aromatic carbocycles. The number of hydrogen-bond donors (Lipinski definition) is 2. The minimum Gasteiger partial charge on any atom is -0.444 e. The number of carbonyl (C=O) groups is 1. The van der Waals surface area contributed by atoms with Gasteiger partial charge in [-0.25, -0.2) is 4.79 Å². The molecule has 2 N–H and O–H groups in total. The summed E-state index contributed by atoms with van der Waals surface area (Å²) in [5.41, 5.74) is -0.491. The molecule has 170 valence electrons. The minimum absolute atomic E-state index is 0. The molecule has 0 spiro atoms. The van der Waals surface area contributed by atoms with Gasteiger partial charge in [0.2, 0.25) is 0 Å². The first-order chi connectivity index (χ1) is 13.2. The number of halogens is 1. The molecule has 0 saturated carbocycles. The SMILES string of the molecule is CN=C(NCC(NC(=O)OC(C)(C)C)C(C)C)N1CCC(CN2CCCC2)C1.I. The number of carbonyl (C=O) groups excluding carboxylic acids is 1. The van der Waals surface area contributed by atoms with E-state index in [4.69, 9.17) is 4.74 Å². The maximum absolute atomic E-state index is 12.1. The Hall–Kier alpha value is -0.770. The second-order valence-corrected chi connectivity index (χ2v) is 9.53. The molecule has 0 radical (unpaired) electrons. The topological polar surface area (TPSA) is 69.2 Å². The molecule has 2 saturated heterocycles. The van der Waals surface area contributed by atoms with Crippen LogP contribution in [0.5, 0.6) is 0 Å². The lowest BCUT2D eigenvalue weighted by Gasteiger charge is -2.28. The summed E-state index contributed by atoms with van der Waals surface area (Å²) in [7, 11) is 1.84. The van der Waals surface area contributed by atoms with E-state index in [1.54, 1.807) is 0 Å². The molecule has 0 aromatic heterocycles. The van der Waals surface area contributed by atoms with Crippen LogP contribution in [0.3, 0.4) is 0 Å². The van der Waals surface area contributed by atoms with Crippen molar-refractivity contribution in [3.63, 3.8) is 0 Å². The summed E-state index contributed by atoms with van der Waals surface area (Å²) in [6, 6.07) is -0.0189. The van der Waals surface area contributed by atoms with Crippen molar-refractivity contribution in [2.45, 2.75) is 65.5 Å². The zero-order valence-electron chi connectivity index (χ0n) is 19.2. The number of hydrogen-bond acceptors (Lipinski definition) is 4. The Morgan fingerprint density at radius 3 is 2.41 bits per heavy atom. The molecule has 2 rings (SSSR count). The summed E-state index contributed by atoms with van der Waals surface area (Å²) in [6.07, 6.45) is 3.55. The normalized spacial score (nSPS) is 21.8. The van der Waals surface area contributed by atoms with Crippen molar-refractivity contribution in [1.82, 2.24) is 20.4 Å². The Kier molecular flexibility index (Phi) is 11.0. The van der Waals surface area contributed by atoms with E-state index in [0.717, 1.165) is 25.0 Å². The Labute approximate surface area is 194 Å². The first-order valence-corrected chi connectivity index (χ1v) is 10.9. The van der Waals surface area contributed by atoms with Gasteiger partial charge in [-0.15, -0.1) is 24.0 Å². The third-order valence-corrected chi connectivity index (χ3v) is 5.50. The van der Waals surface area contributed by atoms with Crippen LogP contribution in [0, 0.1) is 11.8 Å². The van der Waals surface area contributed by atoms with Crippen LogP contribution in [0.1, 0.15) is 53.9 Å². The van der Waals surface area contributed by atoms with Gasteiger partial charge in [-0.2, -0.15) is 0 Å². The molecule has 0 bridgehead atoms. The average molecular weight is 524 g/mol. The van der Waals surface area contributed by atoms with Crippen molar-refractivity contribution >= 4 is 36.0 Å². The number of ether oxygens (including phenoxy) is 1. The van der Waals surface area contributed by atoms with Gasteiger partial charge < -0.3 is 25.2 Å². The predicted molar refractivity (Wildman–Crippen MR) is 130 cm³/mol. The van der Waals surface area contributed by atoms with E-state index < -0.39 is 5.60 Å². The number of aliphatic imine (C=N–C) groups is 1. The monoisotopic (exact) mass is 523 g/mol. The van der Waals surface area contributed by atoms with Crippen LogP contribution in [-0.4, -0.2) is 79.8 Å². The molecule has 0 aromatic rings. The summed E-state index contributed by atoms with van der Waals surface area (Å²) < 4.78 is 5.41. The van der Waals surface area contributed by atoms with Crippen LogP contribution in [0.4, 0.5) is 4.79 Å². The van der Waals surface area contributed by atoms with Crippen LogP contribution < -0.4 is 10.6 Å². The van der Waals surface area contributed by atoms with E-state index in [0.29, 0.717) is 12.5 Å². The van der Waals surface area contributed by atoms with Crippen LogP contribution in [0.25, 0.3) is 0 Å². The lowest BCUT2D eigenvalue weighted by atomic mass is 10.0. The lowest BCUT2D eigenvalue weighted by molar-refractivity contribution is 0.0491. The third kappa shape index (κ3) is 9.27. The highest BCUT2D eigenvalue weighted by Gasteiger charge is 2.28. The fourth-order valence-electron chi connectivity index (χ4n) is 3.95. The van der Waals surface area contributed by atoms with E-state index in [-0.39, 0.29) is 36.1 Å². The third-order valence-electron chi connectivity index (χ3n) is 5.50. The van der Waals surface area contributed by atoms with Crippen LogP contribution in [-0.2, 0) is 4.74 Å². The second kappa shape index (κ2) is 12.2. The molecule has 0 aliphatic carbocycles. The number of guanidine groups is 1. The molecule has 8 heteroatoms. The molecule has 2 atom stereocenters. The molecule has 2 unspecified atom stereocenters. The maximum atomic E-state index is 12.1. The smallest absolute Gasteiger partial charge is 0.407 e. The molecule has 1 amide bonds. The maximum Gasteiger partial charge on any atom is 0.407 e. The Bertz CT molecular complexity index is 530. The van der Waals surface area contributed by atoms with Crippen LogP contribution >= 0.6 is 24.0 Å². The van der Waals surface area contributed by atoms with Gasteiger partial charge in [-0.1, -0.05) is 13.8 Å². The molecule has 7 nitrogen and oxygen atoms in total. The molecule has 29 heavy (non-hydrogen) atoms. The number of amides is 1.